The van der Waals surface area contributed by atoms with E-state index < -0.39 is 0 Å². The molecule has 0 radical (unpaired) electrons. The van der Waals surface area contributed by atoms with Crippen molar-refractivity contribution in [3.8, 4) is 0 Å². The zero-order valence-electron chi connectivity index (χ0n) is 20.3. The van der Waals surface area contributed by atoms with Gasteiger partial charge >= 0.3 is 0 Å². The molecule has 0 bridgehead atoms. The summed E-state index contributed by atoms with van der Waals surface area (Å²) in [5, 5.41) is 0. The standard InChI is InChI=1S/C27H49N3.ClH/c1-2-3-4-5-6-7-8-9-10-11-12-13-17-20-29-21-23-30(24-22-29)25-27(28)26-18-15-14-16-19-26;/h14-16,18-19,27H,2-13,17,20-25,28H2,1H3;1H. The quantitative estimate of drug-likeness (QED) is 0.264. The Kier molecular flexibility index (Phi) is 17.3. The maximum atomic E-state index is 6.39. The molecule has 1 aromatic rings. The van der Waals surface area contributed by atoms with E-state index >= 15 is 0 Å². The molecular formula is C27H50ClN3. The number of benzene rings is 1. The van der Waals surface area contributed by atoms with Crippen molar-refractivity contribution in [1.82, 2.24) is 9.80 Å². The number of hydrogen-bond acceptors (Lipinski definition) is 3. The average Bonchev–Trinajstić information content (AvgIpc) is 2.78. The summed E-state index contributed by atoms with van der Waals surface area (Å²) in [6.45, 7) is 9.31. The Hall–Kier alpha value is -0.610. The van der Waals surface area contributed by atoms with Gasteiger partial charge in [-0.1, -0.05) is 114 Å². The second-order valence-electron chi connectivity index (χ2n) is 9.40. The van der Waals surface area contributed by atoms with Crippen molar-refractivity contribution in [2.45, 2.75) is 96.4 Å². The van der Waals surface area contributed by atoms with Crippen molar-refractivity contribution in [1.29, 1.82) is 0 Å². The molecule has 2 rings (SSSR count). The molecule has 0 saturated carbocycles. The Morgan fingerprint density at radius 1 is 0.677 bits per heavy atom. The smallest absolute Gasteiger partial charge is 0.0424 e. The summed E-state index contributed by atoms with van der Waals surface area (Å²) in [6, 6.07) is 10.7. The third-order valence-corrected chi connectivity index (χ3v) is 6.73. The molecule has 1 saturated heterocycles. The fourth-order valence-electron chi connectivity index (χ4n) is 4.63. The van der Waals surface area contributed by atoms with Crippen molar-refractivity contribution in [2.24, 2.45) is 5.73 Å². The Bertz CT molecular complexity index is 502. The molecule has 0 amide bonds. The van der Waals surface area contributed by atoms with Gasteiger partial charge in [0, 0.05) is 38.8 Å². The van der Waals surface area contributed by atoms with E-state index in [4.69, 9.17) is 5.73 Å². The highest BCUT2D eigenvalue weighted by Gasteiger charge is 2.18. The number of rotatable bonds is 17. The zero-order chi connectivity index (χ0) is 21.3. The van der Waals surface area contributed by atoms with Crippen LogP contribution >= 0.6 is 12.4 Å². The predicted octanol–water partition coefficient (Wildman–Crippen LogP) is 6.82. The molecule has 1 fully saturated rings. The molecule has 1 aromatic carbocycles. The number of nitrogens with two attached hydrogens (primary N) is 1. The molecule has 1 aliphatic heterocycles. The normalized spacial score (nSPS) is 16.2. The second kappa shape index (κ2) is 18.9. The number of hydrogen-bond donors (Lipinski definition) is 1. The van der Waals surface area contributed by atoms with Crippen LogP contribution in [0.2, 0.25) is 0 Å². The van der Waals surface area contributed by atoms with Crippen molar-refractivity contribution in [3.05, 3.63) is 35.9 Å². The third kappa shape index (κ3) is 13.5. The van der Waals surface area contributed by atoms with Crippen LogP contribution < -0.4 is 5.73 Å². The Morgan fingerprint density at radius 3 is 1.65 bits per heavy atom. The fourth-order valence-corrected chi connectivity index (χ4v) is 4.63. The predicted molar refractivity (Wildman–Crippen MR) is 139 cm³/mol. The molecule has 180 valence electrons. The van der Waals surface area contributed by atoms with Crippen LogP contribution in [0.15, 0.2) is 30.3 Å². The highest BCUT2D eigenvalue weighted by atomic mass is 35.5. The van der Waals surface area contributed by atoms with Gasteiger partial charge in [-0.05, 0) is 18.5 Å². The summed E-state index contributed by atoms with van der Waals surface area (Å²) < 4.78 is 0. The van der Waals surface area contributed by atoms with Gasteiger partial charge in [-0.25, -0.2) is 0 Å². The van der Waals surface area contributed by atoms with Crippen LogP contribution in [-0.2, 0) is 0 Å². The first-order valence-corrected chi connectivity index (χ1v) is 13.0. The van der Waals surface area contributed by atoms with E-state index in [1.54, 1.807) is 0 Å². The SMILES string of the molecule is CCCCCCCCCCCCCCCN1CCN(CC(N)c2ccccc2)CC1.Cl. The third-order valence-electron chi connectivity index (χ3n) is 6.73. The molecule has 31 heavy (non-hydrogen) atoms. The van der Waals surface area contributed by atoms with Gasteiger partial charge in [0.05, 0.1) is 0 Å². The largest absolute Gasteiger partial charge is 0.323 e. The lowest BCUT2D eigenvalue weighted by atomic mass is 10.0. The van der Waals surface area contributed by atoms with Gasteiger partial charge < -0.3 is 10.6 Å². The zero-order valence-corrected chi connectivity index (χ0v) is 21.1. The van der Waals surface area contributed by atoms with Gasteiger partial charge in [0.2, 0.25) is 0 Å². The molecule has 1 aliphatic rings. The van der Waals surface area contributed by atoms with Gasteiger partial charge in [0.25, 0.3) is 0 Å². The van der Waals surface area contributed by atoms with E-state index in [1.807, 2.05) is 0 Å². The lowest BCUT2D eigenvalue weighted by Crippen LogP contribution is -2.48. The van der Waals surface area contributed by atoms with Gasteiger partial charge in [0.1, 0.15) is 0 Å². The first kappa shape index (κ1) is 28.4. The summed E-state index contributed by atoms with van der Waals surface area (Å²) in [6.07, 6.45) is 18.7. The van der Waals surface area contributed by atoms with E-state index in [9.17, 15) is 0 Å². The highest BCUT2D eigenvalue weighted by molar-refractivity contribution is 5.85. The molecule has 2 N–H and O–H groups in total. The van der Waals surface area contributed by atoms with E-state index in [0.29, 0.717) is 0 Å². The Labute approximate surface area is 199 Å². The van der Waals surface area contributed by atoms with E-state index in [-0.39, 0.29) is 18.4 Å². The van der Waals surface area contributed by atoms with E-state index in [0.717, 1.165) is 6.54 Å². The molecule has 1 unspecified atom stereocenters. The summed E-state index contributed by atoms with van der Waals surface area (Å²) >= 11 is 0. The van der Waals surface area contributed by atoms with Crippen LogP contribution in [-0.4, -0.2) is 49.1 Å². The molecule has 4 heteroatoms. The molecule has 0 aromatic heterocycles. The molecular weight excluding hydrogens is 402 g/mol. The first-order valence-electron chi connectivity index (χ1n) is 13.0. The molecule has 0 spiro atoms. The molecule has 0 aliphatic carbocycles. The summed E-state index contributed by atoms with van der Waals surface area (Å²) in [7, 11) is 0. The molecule has 1 atom stereocenters. The topological polar surface area (TPSA) is 32.5 Å². The number of nitrogens with zero attached hydrogens (tertiary/aromatic N) is 2. The monoisotopic (exact) mass is 451 g/mol. The van der Waals surface area contributed by atoms with E-state index in [2.05, 4.69) is 47.1 Å². The van der Waals surface area contributed by atoms with Gasteiger partial charge in [-0.15, -0.1) is 12.4 Å². The summed E-state index contributed by atoms with van der Waals surface area (Å²) in [4.78, 5) is 5.20. The minimum atomic E-state index is 0. The van der Waals surface area contributed by atoms with Crippen molar-refractivity contribution >= 4 is 12.4 Å². The molecule has 1 heterocycles. The lowest BCUT2D eigenvalue weighted by molar-refractivity contribution is 0.125. The van der Waals surface area contributed by atoms with E-state index in [1.165, 1.54) is 122 Å². The lowest BCUT2D eigenvalue weighted by Gasteiger charge is -2.36. The highest BCUT2D eigenvalue weighted by Crippen LogP contribution is 2.15. The van der Waals surface area contributed by atoms with Crippen molar-refractivity contribution in [3.63, 3.8) is 0 Å². The average molecular weight is 452 g/mol. The van der Waals surface area contributed by atoms with Crippen LogP contribution in [0.4, 0.5) is 0 Å². The number of halogens is 1. The summed E-state index contributed by atoms with van der Waals surface area (Å²) in [5.41, 5.74) is 7.65. The molecule has 3 nitrogen and oxygen atoms in total. The van der Waals surface area contributed by atoms with Gasteiger partial charge in [-0.2, -0.15) is 0 Å². The van der Waals surface area contributed by atoms with Crippen molar-refractivity contribution in [2.75, 3.05) is 39.3 Å². The first-order chi connectivity index (χ1) is 14.8. The maximum absolute atomic E-state index is 6.39. The van der Waals surface area contributed by atoms with Crippen molar-refractivity contribution < 1.29 is 0 Å². The second-order valence-corrected chi connectivity index (χ2v) is 9.40. The Balaban J connectivity index is 0.00000480. The van der Waals surface area contributed by atoms with Crippen LogP contribution in [0.1, 0.15) is 102 Å². The number of piperazine rings is 1. The minimum Gasteiger partial charge on any atom is -0.323 e. The van der Waals surface area contributed by atoms with Crippen LogP contribution in [0.3, 0.4) is 0 Å². The fraction of sp³-hybridized carbons (Fsp3) is 0.778. The van der Waals surface area contributed by atoms with Crippen LogP contribution in [0.5, 0.6) is 0 Å². The van der Waals surface area contributed by atoms with Gasteiger partial charge in [-0.3, -0.25) is 4.90 Å². The maximum Gasteiger partial charge on any atom is 0.0424 e. The number of unbranched alkanes of at least 4 members (excludes halogenated alkanes) is 12. The van der Waals surface area contributed by atoms with Gasteiger partial charge in [0.15, 0.2) is 0 Å². The van der Waals surface area contributed by atoms with Crippen LogP contribution in [0, 0.1) is 0 Å². The minimum absolute atomic E-state index is 0. The summed E-state index contributed by atoms with van der Waals surface area (Å²) in [5.74, 6) is 0. The van der Waals surface area contributed by atoms with Crippen LogP contribution in [0.25, 0.3) is 0 Å². The Morgan fingerprint density at radius 2 is 1.13 bits per heavy atom.